The monoisotopic (exact) mass is 291 g/mol. The molecule has 0 saturated heterocycles. The summed E-state index contributed by atoms with van der Waals surface area (Å²) in [5, 5.41) is 4.68. The number of hydrogen-bond acceptors (Lipinski definition) is 4. The fraction of sp³-hybridized carbons (Fsp3) is 0.529. The molecule has 0 bridgehead atoms. The molecule has 116 valence electrons. The van der Waals surface area contributed by atoms with Crippen molar-refractivity contribution in [2.45, 2.75) is 32.4 Å². The summed E-state index contributed by atoms with van der Waals surface area (Å²) in [6, 6.07) is 8.34. The van der Waals surface area contributed by atoms with Gasteiger partial charge in [0.05, 0.1) is 18.8 Å². The molecule has 2 aromatic rings. The lowest BCUT2D eigenvalue weighted by molar-refractivity contribution is 0.0273. The van der Waals surface area contributed by atoms with Crippen LogP contribution in [0.1, 0.15) is 31.2 Å². The van der Waals surface area contributed by atoms with Gasteiger partial charge in [-0.15, -0.1) is 0 Å². The minimum Gasteiger partial charge on any atom is -0.459 e. The molecule has 1 aromatic carbocycles. The summed E-state index contributed by atoms with van der Waals surface area (Å²) in [5.74, 6) is 1.02. The van der Waals surface area contributed by atoms with E-state index in [9.17, 15) is 0 Å². The summed E-state index contributed by atoms with van der Waals surface area (Å²) in [4.78, 5) is 0. The number of fused-ring (bicyclic) bond motifs is 1. The quantitative estimate of drug-likeness (QED) is 0.810. The van der Waals surface area contributed by atoms with Gasteiger partial charge in [-0.2, -0.15) is 0 Å². The van der Waals surface area contributed by atoms with Gasteiger partial charge >= 0.3 is 0 Å². The second-order valence-electron chi connectivity index (χ2n) is 5.24. The molecule has 0 fully saturated rings. The van der Waals surface area contributed by atoms with Crippen LogP contribution in [0.25, 0.3) is 11.0 Å². The smallest absolute Gasteiger partial charge is 0.134 e. The van der Waals surface area contributed by atoms with E-state index in [1.807, 2.05) is 12.1 Å². The lowest BCUT2D eigenvalue weighted by Crippen LogP contribution is -2.33. The Kier molecular flexibility index (Phi) is 5.79. The molecule has 0 amide bonds. The van der Waals surface area contributed by atoms with Crippen molar-refractivity contribution in [2.75, 3.05) is 27.4 Å². The van der Waals surface area contributed by atoms with Crippen LogP contribution in [-0.4, -0.2) is 33.5 Å². The number of ether oxygens (including phenoxy) is 2. The molecule has 2 atom stereocenters. The van der Waals surface area contributed by atoms with E-state index >= 15 is 0 Å². The molecule has 1 heterocycles. The maximum absolute atomic E-state index is 6.04. The molecule has 0 spiro atoms. The van der Waals surface area contributed by atoms with Crippen LogP contribution in [0.2, 0.25) is 0 Å². The summed E-state index contributed by atoms with van der Waals surface area (Å²) < 4.78 is 16.6. The first-order valence-electron chi connectivity index (χ1n) is 7.46. The minimum absolute atomic E-state index is 0.0481. The topological polar surface area (TPSA) is 43.6 Å². The lowest BCUT2D eigenvalue weighted by atomic mass is 10.0. The third-order valence-corrected chi connectivity index (χ3v) is 3.81. The average molecular weight is 291 g/mol. The zero-order valence-corrected chi connectivity index (χ0v) is 13.3. The maximum Gasteiger partial charge on any atom is 0.134 e. The second-order valence-corrected chi connectivity index (χ2v) is 5.24. The molecule has 0 aliphatic rings. The van der Waals surface area contributed by atoms with Crippen LogP contribution in [0, 0.1) is 0 Å². The molecule has 2 rings (SSSR count). The number of furan rings is 1. The third kappa shape index (κ3) is 3.64. The molecule has 1 aromatic heterocycles. The number of aryl methyl sites for hydroxylation is 1. The van der Waals surface area contributed by atoms with Crippen LogP contribution in [0.3, 0.4) is 0 Å². The standard InChI is InChI=1S/C17H25NO3/c1-5-14-15-8-6-7-9-16(15)21-17(14)12(2)18-10-13(20-4)11-19-3/h6-9,12-13,18H,5,10-11H2,1-4H3. The molecule has 4 nitrogen and oxygen atoms in total. The highest BCUT2D eigenvalue weighted by Crippen LogP contribution is 2.30. The van der Waals surface area contributed by atoms with Gasteiger partial charge in [0.2, 0.25) is 0 Å². The molecule has 0 saturated carbocycles. The van der Waals surface area contributed by atoms with E-state index in [-0.39, 0.29) is 12.1 Å². The summed E-state index contributed by atoms with van der Waals surface area (Å²) in [6.07, 6.45) is 1.01. The Hall–Kier alpha value is -1.36. The first-order valence-corrected chi connectivity index (χ1v) is 7.46. The van der Waals surface area contributed by atoms with E-state index in [2.05, 4.69) is 31.3 Å². The summed E-state index contributed by atoms with van der Waals surface area (Å²) >= 11 is 0. The van der Waals surface area contributed by atoms with Crippen molar-refractivity contribution in [3.05, 3.63) is 35.6 Å². The SMILES string of the molecule is CCc1c(C(C)NCC(COC)OC)oc2ccccc12. The van der Waals surface area contributed by atoms with Crippen molar-refractivity contribution >= 4 is 11.0 Å². The predicted molar refractivity (Wildman–Crippen MR) is 84.7 cm³/mol. The van der Waals surface area contributed by atoms with Gasteiger partial charge in [0.15, 0.2) is 0 Å². The van der Waals surface area contributed by atoms with E-state index in [0.717, 1.165) is 24.3 Å². The molecular weight excluding hydrogens is 266 g/mol. The van der Waals surface area contributed by atoms with Gasteiger partial charge in [0.1, 0.15) is 11.3 Å². The molecule has 0 aliphatic carbocycles. The van der Waals surface area contributed by atoms with Crippen LogP contribution >= 0.6 is 0 Å². The number of hydrogen-bond donors (Lipinski definition) is 1. The Morgan fingerprint density at radius 1 is 1.24 bits per heavy atom. The molecular formula is C17H25NO3. The Morgan fingerprint density at radius 2 is 2.00 bits per heavy atom. The highest BCUT2D eigenvalue weighted by atomic mass is 16.5. The predicted octanol–water partition coefficient (Wildman–Crippen LogP) is 3.31. The molecule has 4 heteroatoms. The third-order valence-electron chi connectivity index (χ3n) is 3.81. The first-order chi connectivity index (χ1) is 10.2. The van der Waals surface area contributed by atoms with Crippen molar-refractivity contribution in [1.82, 2.24) is 5.32 Å². The van der Waals surface area contributed by atoms with Crippen LogP contribution in [0.15, 0.2) is 28.7 Å². The van der Waals surface area contributed by atoms with E-state index in [1.54, 1.807) is 14.2 Å². The molecule has 21 heavy (non-hydrogen) atoms. The number of nitrogens with one attached hydrogen (secondary N) is 1. The van der Waals surface area contributed by atoms with E-state index in [0.29, 0.717) is 6.61 Å². The van der Waals surface area contributed by atoms with Crippen LogP contribution in [0.4, 0.5) is 0 Å². The van der Waals surface area contributed by atoms with Gasteiger partial charge in [-0.05, 0) is 19.4 Å². The average Bonchev–Trinajstić information content (AvgIpc) is 2.89. The fourth-order valence-electron chi connectivity index (χ4n) is 2.63. The summed E-state index contributed by atoms with van der Waals surface area (Å²) in [6.45, 7) is 5.59. The maximum atomic E-state index is 6.04. The highest BCUT2D eigenvalue weighted by molar-refractivity contribution is 5.82. The van der Waals surface area contributed by atoms with Gasteiger partial charge in [0, 0.05) is 31.7 Å². The molecule has 2 unspecified atom stereocenters. The lowest BCUT2D eigenvalue weighted by Gasteiger charge is -2.18. The van der Waals surface area contributed by atoms with Crippen molar-refractivity contribution in [3.8, 4) is 0 Å². The molecule has 0 radical (unpaired) electrons. The van der Waals surface area contributed by atoms with Crippen molar-refractivity contribution in [1.29, 1.82) is 0 Å². The van der Waals surface area contributed by atoms with Gasteiger partial charge in [-0.3, -0.25) is 0 Å². The zero-order chi connectivity index (χ0) is 15.2. The van der Waals surface area contributed by atoms with Gasteiger partial charge in [-0.25, -0.2) is 0 Å². The second kappa shape index (κ2) is 7.59. The van der Waals surface area contributed by atoms with Gasteiger partial charge < -0.3 is 19.2 Å². The first kappa shape index (κ1) is 16.0. The van der Waals surface area contributed by atoms with E-state index in [1.165, 1.54) is 10.9 Å². The number of rotatable bonds is 8. The number of methoxy groups -OCH3 is 2. The van der Waals surface area contributed by atoms with Crippen LogP contribution in [0.5, 0.6) is 0 Å². The highest BCUT2D eigenvalue weighted by Gasteiger charge is 2.19. The van der Waals surface area contributed by atoms with Crippen LogP contribution < -0.4 is 5.32 Å². The Morgan fingerprint density at radius 3 is 2.67 bits per heavy atom. The van der Waals surface area contributed by atoms with Gasteiger partial charge in [0.25, 0.3) is 0 Å². The Labute approximate surface area is 126 Å². The summed E-state index contributed by atoms with van der Waals surface area (Å²) in [7, 11) is 3.39. The minimum atomic E-state index is 0.0481. The largest absolute Gasteiger partial charge is 0.459 e. The Balaban J connectivity index is 2.13. The summed E-state index contributed by atoms with van der Waals surface area (Å²) in [5.41, 5.74) is 2.24. The zero-order valence-electron chi connectivity index (χ0n) is 13.3. The van der Waals surface area contributed by atoms with E-state index in [4.69, 9.17) is 13.9 Å². The normalized spacial score (nSPS) is 14.5. The Bertz CT molecular complexity index is 564. The van der Waals surface area contributed by atoms with Crippen molar-refractivity contribution in [2.24, 2.45) is 0 Å². The number of para-hydroxylation sites is 1. The van der Waals surface area contributed by atoms with Crippen LogP contribution in [-0.2, 0) is 15.9 Å². The van der Waals surface area contributed by atoms with Crippen molar-refractivity contribution < 1.29 is 13.9 Å². The number of benzene rings is 1. The van der Waals surface area contributed by atoms with Crippen molar-refractivity contribution in [3.63, 3.8) is 0 Å². The molecule has 1 N–H and O–H groups in total. The molecule has 0 aliphatic heterocycles. The van der Waals surface area contributed by atoms with E-state index < -0.39 is 0 Å². The fourth-order valence-corrected chi connectivity index (χ4v) is 2.63. The van der Waals surface area contributed by atoms with Gasteiger partial charge in [-0.1, -0.05) is 25.1 Å².